The zero-order valence-electron chi connectivity index (χ0n) is 15.7. The molecule has 2 aromatic carbocycles. The van der Waals surface area contributed by atoms with Gasteiger partial charge in [0.1, 0.15) is 6.33 Å². The van der Waals surface area contributed by atoms with Crippen molar-refractivity contribution >= 4 is 17.4 Å². The van der Waals surface area contributed by atoms with E-state index in [-0.39, 0.29) is 6.04 Å². The number of amides is 1. The van der Waals surface area contributed by atoms with Gasteiger partial charge in [0.15, 0.2) is 0 Å². The molecule has 2 aromatic heterocycles. The normalized spacial score (nSPS) is 11.9. The van der Waals surface area contributed by atoms with Crippen molar-refractivity contribution in [2.75, 3.05) is 7.11 Å². The van der Waals surface area contributed by atoms with Crippen LogP contribution in [-0.2, 0) is 4.79 Å². The molecule has 0 saturated carbocycles. The molecule has 0 aliphatic heterocycles. The van der Waals surface area contributed by atoms with Crippen molar-refractivity contribution in [3.8, 4) is 22.7 Å². The minimum absolute atomic E-state index is 0.0616. The van der Waals surface area contributed by atoms with Crippen LogP contribution < -0.4 is 10.1 Å². The SMILES string of the molecule is COc1ncccc1-c1cccc(-n2cnc3cc([C@H](C)NC=O)ccc32)c1. The van der Waals surface area contributed by atoms with E-state index in [0.717, 1.165) is 33.4 Å². The molecule has 0 aliphatic rings. The molecule has 0 radical (unpaired) electrons. The molecule has 6 heteroatoms. The van der Waals surface area contributed by atoms with E-state index in [0.29, 0.717) is 12.3 Å². The third-order valence-electron chi connectivity index (χ3n) is 4.79. The van der Waals surface area contributed by atoms with E-state index in [9.17, 15) is 4.79 Å². The van der Waals surface area contributed by atoms with Gasteiger partial charge >= 0.3 is 0 Å². The number of imidazole rings is 1. The van der Waals surface area contributed by atoms with Crippen LogP contribution in [0.5, 0.6) is 5.88 Å². The zero-order chi connectivity index (χ0) is 19.5. The fourth-order valence-corrected chi connectivity index (χ4v) is 3.30. The Morgan fingerprint density at radius 3 is 2.82 bits per heavy atom. The van der Waals surface area contributed by atoms with Crippen LogP contribution in [0.3, 0.4) is 0 Å². The maximum atomic E-state index is 10.7. The number of aromatic nitrogens is 3. The van der Waals surface area contributed by atoms with Crippen LogP contribution in [0.1, 0.15) is 18.5 Å². The summed E-state index contributed by atoms with van der Waals surface area (Å²) < 4.78 is 7.44. The van der Waals surface area contributed by atoms with Crippen LogP contribution in [-0.4, -0.2) is 28.1 Å². The van der Waals surface area contributed by atoms with Gasteiger partial charge in [-0.25, -0.2) is 9.97 Å². The number of nitrogens with one attached hydrogen (secondary N) is 1. The van der Waals surface area contributed by atoms with Gasteiger partial charge in [-0.1, -0.05) is 18.2 Å². The number of ether oxygens (including phenoxy) is 1. The van der Waals surface area contributed by atoms with Gasteiger partial charge in [-0.2, -0.15) is 0 Å². The van der Waals surface area contributed by atoms with E-state index >= 15 is 0 Å². The number of rotatable bonds is 6. The molecule has 4 rings (SSSR count). The molecular weight excluding hydrogens is 352 g/mol. The Labute approximate surface area is 162 Å². The summed E-state index contributed by atoms with van der Waals surface area (Å²) in [5.74, 6) is 0.594. The molecule has 0 spiro atoms. The third kappa shape index (κ3) is 3.20. The second kappa shape index (κ2) is 7.52. The summed E-state index contributed by atoms with van der Waals surface area (Å²) in [6.07, 6.45) is 4.24. The number of pyridine rings is 1. The lowest BCUT2D eigenvalue weighted by molar-refractivity contribution is -0.110. The van der Waals surface area contributed by atoms with Gasteiger partial charge in [0.25, 0.3) is 0 Å². The maximum Gasteiger partial charge on any atom is 0.221 e. The largest absolute Gasteiger partial charge is 0.481 e. The molecule has 2 heterocycles. The first kappa shape index (κ1) is 17.7. The predicted molar refractivity (Wildman–Crippen MR) is 108 cm³/mol. The van der Waals surface area contributed by atoms with E-state index < -0.39 is 0 Å². The number of hydrogen-bond acceptors (Lipinski definition) is 4. The summed E-state index contributed by atoms with van der Waals surface area (Å²) in [6, 6.07) is 18.0. The highest BCUT2D eigenvalue weighted by Crippen LogP contribution is 2.30. The number of hydrogen-bond donors (Lipinski definition) is 1. The van der Waals surface area contributed by atoms with Gasteiger partial charge in [-0.3, -0.25) is 9.36 Å². The number of methoxy groups -OCH3 is 1. The highest BCUT2D eigenvalue weighted by Gasteiger charge is 2.11. The standard InChI is InChI=1S/C22H20N4O2/c1-15(25-14-27)16-8-9-21-20(12-16)24-13-26(21)18-6-3-5-17(11-18)19-7-4-10-23-22(19)28-2/h3-15H,1-2H3,(H,25,27)/t15-/m0/s1. The Morgan fingerprint density at radius 1 is 1.11 bits per heavy atom. The van der Waals surface area contributed by atoms with Gasteiger partial charge in [0.05, 0.1) is 24.2 Å². The van der Waals surface area contributed by atoms with Crippen LogP contribution >= 0.6 is 0 Å². The summed E-state index contributed by atoms with van der Waals surface area (Å²) in [7, 11) is 1.62. The minimum atomic E-state index is -0.0616. The lowest BCUT2D eigenvalue weighted by Gasteiger charge is -2.12. The molecule has 0 bridgehead atoms. The van der Waals surface area contributed by atoms with Gasteiger partial charge in [0, 0.05) is 17.4 Å². The van der Waals surface area contributed by atoms with Crippen molar-refractivity contribution in [3.63, 3.8) is 0 Å². The van der Waals surface area contributed by atoms with Crippen LogP contribution in [0.4, 0.5) is 0 Å². The van der Waals surface area contributed by atoms with Crippen molar-refractivity contribution in [1.82, 2.24) is 19.9 Å². The monoisotopic (exact) mass is 372 g/mol. The van der Waals surface area contributed by atoms with Gasteiger partial charge in [0.2, 0.25) is 12.3 Å². The topological polar surface area (TPSA) is 69.0 Å². The first-order chi connectivity index (χ1) is 13.7. The van der Waals surface area contributed by atoms with Crippen LogP contribution in [0.15, 0.2) is 67.1 Å². The summed E-state index contributed by atoms with van der Waals surface area (Å²) in [5.41, 5.74) is 5.84. The average Bonchev–Trinajstić information content (AvgIpc) is 3.17. The van der Waals surface area contributed by atoms with Crippen molar-refractivity contribution in [2.24, 2.45) is 0 Å². The molecule has 1 amide bonds. The van der Waals surface area contributed by atoms with Crippen LogP contribution in [0, 0.1) is 0 Å². The molecule has 6 nitrogen and oxygen atoms in total. The minimum Gasteiger partial charge on any atom is -0.481 e. The molecule has 28 heavy (non-hydrogen) atoms. The number of carbonyl (C=O) groups excluding carboxylic acids is 1. The Morgan fingerprint density at radius 2 is 2.00 bits per heavy atom. The van der Waals surface area contributed by atoms with Crippen molar-refractivity contribution in [1.29, 1.82) is 0 Å². The Bertz CT molecular complexity index is 1140. The quantitative estimate of drug-likeness (QED) is 0.521. The van der Waals surface area contributed by atoms with Crippen LogP contribution in [0.2, 0.25) is 0 Å². The first-order valence-electron chi connectivity index (χ1n) is 8.98. The van der Waals surface area contributed by atoms with E-state index in [1.54, 1.807) is 13.3 Å². The number of benzene rings is 2. The van der Waals surface area contributed by atoms with E-state index in [4.69, 9.17) is 4.74 Å². The summed E-state index contributed by atoms with van der Waals surface area (Å²) in [4.78, 5) is 19.5. The molecule has 1 N–H and O–H groups in total. The van der Waals surface area contributed by atoms with Crippen molar-refractivity contribution in [2.45, 2.75) is 13.0 Å². The van der Waals surface area contributed by atoms with Crippen LogP contribution in [0.25, 0.3) is 27.8 Å². The average molecular weight is 372 g/mol. The molecule has 0 aliphatic carbocycles. The smallest absolute Gasteiger partial charge is 0.221 e. The second-order valence-electron chi connectivity index (χ2n) is 6.48. The van der Waals surface area contributed by atoms with Gasteiger partial charge in [-0.15, -0.1) is 0 Å². The van der Waals surface area contributed by atoms with Crippen molar-refractivity contribution in [3.05, 3.63) is 72.7 Å². The fraction of sp³-hybridized carbons (Fsp3) is 0.136. The summed E-state index contributed by atoms with van der Waals surface area (Å²) in [5, 5.41) is 2.77. The Balaban J connectivity index is 1.75. The molecule has 0 saturated heterocycles. The third-order valence-corrected chi connectivity index (χ3v) is 4.79. The highest BCUT2D eigenvalue weighted by atomic mass is 16.5. The fourth-order valence-electron chi connectivity index (χ4n) is 3.30. The van der Waals surface area contributed by atoms with Crippen molar-refractivity contribution < 1.29 is 9.53 Å². The zero-order valence-corrected chi connectivity index (χ0v) is 15.7. The van der Waals surface area contributed by atoms with E-state index in [2.05, 4.69) is 21.4 Å². The summed E-state index contributed by atoms with van der Waals surface area (Å²) >= 11 is 0. The first-order valence-corrected chi connectivity index (χ1v) is 8.98. The molecule has 140 valence electrons. The number of nitrogens with zero attached hydrogens (tertiary/aromatic N) is 3. The van der Waals surface area contributed by atoms with E-state index in [1.807, 2.05) is 66.3 Å². The second-order valence-corrected chi connectivity index (χ2v) is 6.48. The molecular formula is C22H20N4O2. The highest BCUT2D eigenvalue weighted by molar-refractivity contribution is 5.79. The molecule has 1 atom stereocenters. The summed E-state index contributed by atoms with van der Waals surface area (Å²) in [6.45, 7) is 1.94. The van der Waals surface area contributed by atoms with Gasteiger partial charge < -0.3 is 10.1 Å². The Kier molecular flexibility index (Phi) is 4.76. The maximum absolute atomic E-state index is 10.7. The predicted octanol–water partition coefficient (Wildman–Crippen LogP) is 3.90. The van der Waals surface area contributed by atoms with Gasteiger partial charge in [-0.05, 0) is 54.4 Å². The molecule has 4 aromatic rings. The molecule has 0 unspecified atom stereocenters. The van der Waals surface area contributed by atoms with E-state index in [1.165, 1.54) is 0 Å². The molecule has 0 fully saturated rings. The Hall–Kier alpha value is -3.67. The number of fused-ring (bicyclic) bond motifs is 1. The lowest BCUT2D eigenvalue weighted by Crippen LogP contribution is -2.15. The number of carbonyl (C=O) groups is 1. The lowest BCUT2D eigenvalue weighted by atomic mass is 10.1.